The van der Waals surface area contributed by atoms with Crippen molar-refractivity contribution in [3.8, 4) is 5.75 Å². The van der Waals surface area contributed by atoms with E-state index in [1.165, 1.54) is 11.3 Å². The van der Waals surface area contributed by atoms with E-state index in [4.69, 9.17) is 4.74 Å². The molecule has 0 saturated carbocycles. The number of carboxylic acids is 1. The normalized spacial score (nSPS) is 10.7. The van der Waals surface area contributed by atoms with E-state index in [0.29, 0.717) is 23.3 Å². The first-order valence-corrected chi connectivity index (χ1v) is 7.40. The van der Waals surface area contributed by atoms with Crippen LogP contribution in [0.1, 0.15) is 20.8 Å². The zero-order valence-electron chi connectivity index (χ0n) is 11.5. The molecule has 0 unspecified atom stereocenters. The van der Waals surface area contributed by atoms with Gasteiger partial charge >= 0.3 is 5.97 Å². The van der Waals surface area contributed by atoms with Crippen molar-refractivity contribution >= 4 is 27.4 Å². The molecule has 0 radical (unpaired) electrons. The van der Waals surface area contributed by atoms with Gasteiger partial charge in [-0.05, 0) is 24.6 Å². The van der Waals surface area contributed by atoms with Gasteiger partial charge in [0.05, 0.1) is 5.56 Å². The highest BCUT2D eigenvalue weighted by Gasteiger charge is 2.19. The van der Waals surface area contributed by atoms with Gasteiger partial charge in [0.15, 0.2) is 0 Å². The Morgan fingerprint density at radius 1 is 1.14 bits per heavy atom. The second-order valence-electron chi connectivity index (χ2n) is 4.74. The molecule has 0 spiro atoms. The Kier molecular flexibility index (Phi) is 3.62. The zero-order valence-corrected chi connectivity index (χ0v) is 12.3. The molecule has 3 nitrogen and oxygen atoms in total. The molecule has 3 rings (SSSR count). The Hall–Kier alpha value is -2.33. The number of rotatable bonds is 4. The van der Waals surface area contributed by atoms with Crippen molar-refractivity contribution in [3.05, 3.63) is 64.5 Å². The SMILES string of the molecule is Cc1sc2cccc(OCc3ccccc3)c2c1C(=O)O. The highest BCUT2D eigenvalue weighted by atomic mass is 32.1. The topological polar surface area (TPSA) is 46.5 Å². The fourth-order valence-electron chi connectivity index (χ4n) is 2.35. The van der Waals surface area contributed by atoms with Crippen LogP contribution in [0.2, 0.25) is 0 Å². The molecule has 0 aliphatic heterocycles. The minimum atomic E-state index is -0.908. The van der Waals surface area contributed by atoms with Crippen molar-refractivity contribution in [1.29, 1.82) is 0 Å². The molecule has 4 heteroatoms. The summed E-state index contributed by atoms with van der Waals surface area (Å²) < 4.78 is 6.79. The number of hydrogen-bond acceptors (Lipinski definition) is 3. The van der Waals surface area contributed by atoms with Gasteiger partial charge in [0, 0.05) is 15.0 Å². The molecule has 1 N–H and O–H groups in total. The first-order valence-electron chi connectivity index (χ1n) is 6.59. The van der Waals surface area contributed by atoms with Crippen LogP contribution in [0.25, 0.3) is 10.1 Å². The first kappa shape index (κ1) is 13.6. The second-order valence-corrected chi connectivity index (χ2v) is 6.00. The van der Waals surface area contributed by atoms with Crippen molar-refractivity contribution in [1.82, 2.24) is 0 Å². The van der Waals surface area contributed by atoms with Crippen molar-refractivity contribution in [3.63, 3.8) is 0 Å². The van der Waals surface area contributed by atoms with Crippen LogP contribution in [0.5, 0.6) is 5.75 Å². The number of aromatic carboxylic acids is 1. The van der Waals surface area contributed by atoms with Crippen LogP contribution in [0.4, 0.5) is 0 Å². The summed E-state index contributed by atoms with van der Waals surface area (Å²) in [4.78, 5) is 12.3. The standard InChI is InChI=1S/C17H14O3S/c1-11-15(17(18)19)16-13(8-5-9-14(16)21-11)20-10-12-6-3-2-4-7-12/h2-9H,10H2,1H3,(H,18,19). The second kappa shape index (κ2) is 5.58. The number of ether oxygens (including phenoxy) is 1. The lowest BCUT2D eigenvalue weighted by Crippen LogP contribution is -2.00. The van der Waals surface area contributed by atoms with Gasteiger partial charge in [-0.15, -0.1) is 11.3 Å². The van der Waals surface area contributed by atoms with Gasteiger partial charge < -0.3 is 9.84 Å². The number of carbonyl (C=O) groups is 1. The molecule has 0 saturated heterocycles. The van der Waals surface area contributed by atoms with Crippen LogP contribution < -0.4 is 4.74 Å². The summed E-state index contributed by atoms with van der Waals surface area (Å²) in [6, 6.07) is 15.5. The van der Waals surface area contributed by atoms with E-state index in [9.17, 15) is 9.90 Å². The van der Waals surface area contributed by atoms with Gasteiger partial charge in [-0.3, -0.25) is 0 Å². The average molecular weight is 298 g/mol. The molecule has 106 valence electrons. The Morgan fingerprint density at radius 2 is 1.90 bits per heavy atom. The highest BCUT2D eigenvalue weighted by Crippen LogP contribution is 2.37. The highest BCUT2D eigenvalue weighted by molar-refractivity contribution is 7.19. The number of benzene rings is 2. The molecule has 0 aliphatic carbocycles. The molecule has 0 fully saturated rings. The van der Waals surface area contributed by atoms with E-state index in [1.807, 2.05) is 55.5 Å². The van der Waals surface area contributed by atoms with Crippen molar-refractivity contribution in [2.24, 2.45) is 0 Å². The molecule has 0 bridgehead atoms. The summed E-state index contributed by atoms with van der Waals surface area (Å²) in [6.07, 6.45) is 0. The van der Waals surface area contributed by atoms with E-state index in [1.54, 1.807) is 0 Å². The van der Waals surface area contributed by atoms with E-state index in [-0.39, 0.29) is 0 Å². The molecule has 0 amide bonds. The lowest BCUT2D eigenvalue weighted by Gasteiger charge is -2.08. The molecular weight excluding hydrogens is 284 g/mol. The van der Waals surface area contributed by atoms with Gasteiger partial charge in [-0.2, -0.15) is 0 Å². The van der Waals surface area contributed by atoms with Crippen molar-refractivity contribution in [2.75, 3.05) is 0 Å². The predicted octanol–water partition coefficient (Wildman–Crippen LogP) is 4.49. The third kappa shape index (κ3) is 2.62. The fraction of sp³-hybridized carbons (Fsp3) is 0.118. The summed E-state index contributed by atoms with van der Waals surface area (Å²) in [6.45, 7) is 2.25. The van der Waals surface area contributed by atoms with Gasteiger partial charge in [-0.1, -0.05) is 36.4 Å². The Bertz CT molecular complexity index is 790. The van der Waals surface area contributed by atoms with E-state index in [2.05, 4.69) is 0 Å². The van der Waals surface area contributed by atoms with Crippen LogP contribution in [-0.2, 0) is 6.61 Å². The summed E-state index contributed by atoms with van der Waals surface area (Å²) in [7, 11) is 0. The Morgan fingerprint density at radius 3 is 2.62 bits per heavy atom. The van der Waals surface area contributed by atoms with Gasteiger partial charge in [0.25, 0.3) is 0 Å². The minimum Gasteiger partial charge on any atom is -0.488 e. The average Bonchev–Trinajstić information content (AvgIpc) is 2.82. The summed E-state index contributed by atoms with van der Waals surface area (Å²) >= 11 is 1.48. The minimum absolute atomic E-state index is 0.346. The summed E-state index contributed by atoms with van der Waals surface area (Å²) in [5.74, 6) is -0.285. The van der Waals surface area contributed by atoms with Gasteiger partial charge in [0.1, 0.15) is 12.4 Å². The van der Waals surface area contributed by atoms with Crippen LogP contribution in [0.15, 0.2) is 48.5 Å². The van der Waals surface area contributed by atoms with Gasteiger partial charge in [0.2, 0.25) is 0 Å². The van der Waals surface area contributed by atoms with E-state index >= 15 is 0 Å². The molecule has 0 atom stereocenters. The molecule has 21 heavy (non-hydrogen) atoms. The van der Waals surface area contributed by atoms with E-state index in [0.717, 1.165) is 15.1 Å². The smallest absolute Gasteiger partial charge is 0.337 e. The summed E-state index contributed by atoms with van der Waals surface area (Å²) in [5.41, 5.74) is 1.40. The third-order valence-corrected chi connectivity index (χ3v) is 4.37. The number of carboxylic acid groups (broad SMARTS) is 1. The number of thiophene rings is 1. The lowest BCUT2D eigenvalue weighted by atomic mass is 10.1. The van der Waals surface area contributed by atoms with Crippen LogP contribution in [0, 0.1) is 6.92 Å². The van der Waals surface area contributed by atoms with Crippen molar-refractivity contribution in [2.45, 2.75) is 13.5 Å². The quantitative estimate of drug-likeness (QED) is 0.772. The Balaban J connectivity index is 2.00. The van der Waals surface area contributed by atoms with Gasteiger partial charge in [-0.25, -0.2) is 4.79 Å². The number of aryl methyl sites for hydroxylation is 1. The molecule has 1 heterocycles. The number of fused-ring (bicyclic) bond motifs is 1. The monoisotopic (exact) mass is 298 g/mol. The fourth-order valence-corrected chi connectivity index (χ4v) is 3.42. The van der Waals surface area contributed by atoms with Crippen molar-refractivity contribution < 1.29 is 14.6 Å². The predicted molar refractivity (Wildman–Crippen MR) is 84.3 cm³/mol. The van der Waals surface area contributed by atoms with Crippen LogP contribution in [0.3, 0.4) is 0 Å². The first-order chi connectivity index (χ1) is 10.2. The van der Waals surface area contributed by atoms with Crippen LogP contribution in [-0.4, -0.2) is 11.1 Å². The zero-order chi connectivity index (χ0) is 14.8. The maximum Gasteiger partial charge on any atom is 0.337 e. The lowest BCUT2D eigenvalue weighted by molar-refractivity contribution is 0.0698. The Labute approximate surface area is 126 Å². The maximum absolute atomic E-state index is 11.5. The van der Waals surface area contributed by atoms with E-state index < -0.39 is 5.97 Å². The van der Waals surface area contributed by atoms with Crippen LogP contribution >= 0.6 is 11.3 Å². The molecule has 2 aromatic carbocycles. The molecule has 1 aromatic heterocycles. The summed E-state index contributed by atoms with van der Waals surface area (Å²) in [5, 5.41) is 10.1. The largest absolute Gasteiger partial charge is 0.488 e. The molecule has 0 aliphatic rings. The molecule has 3 aromatic rings. The number of hydrogen-bond donors (Lipinski definition) is 1. The maximum atomic E-state index is 11.5. The third-order valence-electron chi connectivity index (χ3n) is 3.30. The molecular formula is C17H14O3S.